The molecule has 0 bridgehead atoms. The molecule has 0 aromatic carbocycles. The summed E-state index contributed by atoms with van der Waals surface area (Å²) in [6.07, 6.45) is 8.80. The van der Waals surface area contributed by atoms with E-state index in [9.17, 15) is 4.79 Å². The van der Waals surface area contributed by atoms with Gasteiger partial charge in [0.2, 0.25) is 0 Å². The monoisotopic (exact) mass is 256 g/mol. The summed E-state index contributed by atoms with van der Waals surface area (Å²) in [5.74, 6) is 0.948. The average molecular weight is 256 g/mol. The number of carbonyl (C=O) groups is 1. The van der Waals surface area contributed by atoms with Gasteiger partial charge in [-0.1, -0.05) is 59.8 Å². The molecule has 0 rings (SSSR count). The van der Waals surface area contributed by atoms with Gasteiger partial charge in [0, 0.05) is 0 Å². The highest BCUT2D eigenvalue weighted by molar-refractivity contribution is 5.72. The topological polar surface area (TPSA) is 26.3 Å². The van der Waals surface area contributed by atoms with Crippen LogP contribution in [0.25, 0.3) is 0 Å². The molecule has 0 unspecified atom stereocenters. The van der Waals surface area contributed by atoms with E-state index in [0.29, 0.717) is 6.61 Å². The van der Waals surface area contributed by atoms with Crippen LogP contribution < -0.4 is 0 Å². The van der Waals surface area contributed by atoms with Crippen LogP contribution in [-0.2, 0) is 9.53 Å². The normalized spacial score (nSPS) is 11.2. The van der Waals surface area contributed by atoms with Gasteiger partial charge in [0.25, 0.3) is 0 Å². The summed E-state index contributed by atoms with van der Waals surface area (Å²) in [4.78, 5) is 11.8. The number of hydrogen-bond acceptors (Lipinski definition) is 2. The van der Waals surface area contributed by atoms with Crippen LogP contribution in [-0.4, -0.2) is 12.6 Å². The van der Waals surface area contributed by atoms with Gasteiger partial charge < -0.3 is 4.74 Å². The van der Waals surface area contributed by atoms with Gasteiger partial charge in [0.15, 0.2) is 0 Å². The van der Waals surface area contributed by atoms with E-state index in [1.165, 1.54) is 19.3 Å². The third-order valence-electron chi connectivity index (χ3n) is 3.28. The molecule has 0 aromatic heterocycles. The van der Waals surface area contributed by atoms with Crippen molar-refractivity contribution in [3.63, 3.8) is 0 Å². The first-order valence-electron chi connectivity index (χ1n) is 7.78. The van der Waals surface area contributed by atoms with E-state index in [1.54, 1.807) is 0 Å². The van der Waals surface area contributed by atoms with Crippen molar-refractivity contribution in [2.24, 2.45) is 11.8 Å². The Labute approximate surface area is 113 Å². The van der Waals surface area contributed by atoms with Crippen molar-refractivity contribution < 1.29 is 9.53 Å². The maximum absolute atomic E-state index is 11.8. The lowest BCUT2D eigenvalue weighted by Gasteiger charge is -2.14. The van der Waals surface area contributed by atoms with Crippen LogP contribution in [0.3, 0.4) is 0 Å². The van der Waals surface area contributed by atoms with Crippen LogP contribution in [0, 0.1) is 11.8 Å². The van der Waals surface area contributed by atoms with E-state index in [2.05, 4.69) is 27.7 Å². The Hall–Kier alpha value is -0.530. The number of rotatable bonds is 11. The summed E-state index contributed by atoms with van der Waals surface area (Å²) in [6.45, 7) is 9.37. The standard InChI is InChI=1S/C16H32O2/c1-5-10-15(11-6-2)16(17)18-13-9-7-8-12-14(3)4/h14-15H,5-13H2,1-4H3. The van der Waals surface area contributed by atoms with Gasteiger partial charge in [-0.25, -0.2) is 0 Å². The second-order valence-electron chi connectivity index (χ2n) is 5.68. The fourth-order valence-electron chi connectivity index (χ4n) is 2.20. The molecule has 2 nitrogen and oxygen atoms in total. The van der Waals surface area contributed by atoms with Gasteiger partial charge >= 0.3 is 5.97 Å². The molecule has 0 saturated heterocycles. The largest absolute Gasteiger partial charge is 0.465 e. The highest BCUT2D eigenvalue weighted by Crippen LogP contribution is 2.15. The maximum Gasteiger partial charge on any atom is 0.308 e. The van der Waals surface area contributed by atoms with Gasteiger partial charge in [-0.15, -0.1) is 0 Å². The second kappa shape index (κ2) is 11.6. The Balaban J connectivity index is 3.60. The molecule has 0 radical (unpaired) electrons. The van der Waals surface area contributed by atoms with Crippen molar-refractivity contribution in [1.29, 1.82) is 0 Å². The molecule has 0 heterocycles. The fourth-order valence-corrected chi connectivity index (χ4v) is 2.20. The van der Waals surface area contributed by atoms with E-state index in [-0.39, 0.29) is 11.9 Å². The third kappa shape index (κ3) is 9.49. The van der Waals surface area contributed by atoms with Crippen LogP contribution in [0.4, 0.5) is 0 Å². The quantitative estimate of drug-likeness (QED) is 0.385. The van der Waals surface area contributed by atoms with Crippen LogP contribution in [0.5, 0.6) is 0 Å². The van der Waals surface area contributed by atoms with Crippen molar-refractivity contribution >= 4 is 5.97 Å². The summed E-state index contributed by atoms with van der Waals surface area (Å²) < 4.78 is 5.38. The first-order chi connectivity index (χ1) is 8.61. The van der Waals surface area contributed by atoms with Crippen LogP contribution >= 0.6 is 0 Å². The number of esters is 1. The number of hydrogen-bond donors (Lipinski definition) is 0. The first-order valence-corrected chi connectivity index (χ1v) is 7.78. The predicted molar refractivity (Wildman–Crippen MR) is 77.6 cm³/mol. The van der Waals surface area contributed by atoms with Gasteiger partial charge in [-0.05, 0) is 25.2 Å². The van der Waals surface area contributed by atoms with E-state index in [1.807, 2.05) is 0 Å². The van der Waals surface area contributed by atoms with Gasteiger partial charge in [-0.3, -0.25) is 4.79 Å². The molecule has 0 fully saturated rings. The van der Waals surface area contributed by atoms with Crippen molar-refractivity contribution in [2.45, 2.75) is 79.1 Å². The highest BCUT2D eigenvalue weighted by atomic mass is 16.5. The van der Waals surface area contributed by atoms with Gasteiger partial charge in [0.1, 0.15) is 0 Å². The minimum absolute atomic E-state index is 0.0301. The summed E-state index contributed by atoms with van der Waals surface area (Å²) in [5, 5.41) is 0. The van der Waals surface area contributed by atoms with Crippen molar-refractivity contribution in [3.05, 3.63) is 0 Å². The summed E-state index contributed by atoms with van der Waals surface area (Å²) in [5.41, 5.74) is 0. The molecule has 0 amide bonds. The molecule has 0 aromatic rings. The number of unbranched alkanes of at least 4 members (excludes halogenated alkanes) is 2. The molecule has 18 heavy (non-hydrogen) atoms. The zero-order valence-corrected chi connectivity index (χ0v) is 12.8. The minimum atomic E-state index is 0.0301. The lowest BCUT2D eigenvalue weighted by Crippen LogP contribution is -2.18. The highest BCUT2D eigenvalue weighted by Gasteiger charge is 2.17. The lowest BCUT2D eigenvalue weighted by molar-refractivity contribution is -0.149. The van der Waals surface area contributed by atoms with Crippen LogP contribution in [0.15, 0.2) is 0 Å². The van der Waals surface area contributed by atoms with Crippen LogP contribution in [0.2, 0.25) is 0 Å². The maximum atomic E-state index is 11.8. The molecule has 0 saturated carbocycles. The van der Waals surface area contributed by atoms with E-state index in [4.69, 9.17) is 4.74 Å². The SMILES string of the molecule is CCCC(CCC)C(=O)OCCCCCC(C)C. The fraction of sp³-hybridized carbons (Fsp3) is 0.938. The van der Waals surface area contributed by atoms with E-state index < -0.39 is 0 Å². The average Bonchev–Trinajstić information content (AvgIpc) is 2.32. The molecule has 0 aliphatic heterocycles. The number of ether oxygens (including phenoxy) is 1. The Bertz CT molecular complexity index is 193. The van der Waals surface area contributed by atoms with Crippen molar-refractivity contribution in [3.8, 4) is 0 Å². The first kappa shape index (κ1) is 17.5. The molecule has 0 N–H and O–H groups in total. The minimum Gasteiger partial charge on any atom is -0.465 e. The third-order valence-corrected chi connectivity index (χ3v) is 3.28. The predicted octanol–water partition coefficient (Wildman–Crippen LogP) is 4.96. The van der Waals surface area contributed by atoms with Crippen LogP contribution in [0.1, 0.15) is 79.1 Å². The lowest BCUT2D eigenvalue weighted by atomic mass is 9.99. The number of carbonyl (C=O) groups excluding carboxylic acids is 1. The Kier molecular flexibility index (Phi) is 11.2. The van der Waals surface area contributed by atoms with Gasteiger partial charge in [-0.2, -0.15) is 0 Å². The zero-order valence-electron chi connectivity index (χ0n) is 12.8. The van der Waals surface area contributed by atoms with E-state index in [0.717, 1.165) is 38.0 Å². The molecule has 0 atom stereocenters. The van der Waals surface area contributed by atoms with E-state index >= 15 is 0 Å². The summed E-state index contributed by atoms with van der Waals surface area (Å²) in [6, 6.07) is 0. The molecule has 108 valence electrons. The molecule has 0 spiro atoms. The summed E-state index contributed by atoms with van der Waals surface area (Å²) in [7, 11) is 0. The van der Waals surface area contributed by atoms with Crippen molar-refractivity contribution in [2.75, 3.05) is 6.61 Å². The molecular weight excluding hydrogens is 224 g/mol. The Morgan fingerprint density at radius 1 is 0.944 bits per heavy atom. The zero-order chi connectivity index (χ0) is 13.8. The molecule has 0 aliphatic rings. The molecular formula is C16H32O2. The Morgan fingerprint density at radius 3 is 2.06 bits per heavy atom. The molecule has 2 heteroatoms. The Morgan fingerprint density at radius 2 is 1.56 bits per heavy atom. The van der Waals surface area contributed by atoms with Gasteiger partial charge in [0.05, 0.1) is 12.5 Å². The second-order valence-corrected chi connectivity index (χ2v) is 5.68. The smallest absolute Gasteiger partial charge is 0.308 e. The summed E-state index contributed by atoms with van der Waals surface area (Å²) >= 11 is 0. The molecule has 0 aliphatic carbocycles. The van der Waals surface area contributed by atoms with Crippen molar-refractivity contribution in [1.82, 2.24) is 0 Å².